The Kier molecular flexibility index (Phi) is 4.89. The van der Waals surface area contributed by atoms with Crippen LogP contribution in [0.1, 0.15) is 31.0 Å². The molecule has 8 heteroatoms. The number of nitrogens with zero attached hydrogens (tertiary/aromatic N) is 3. The Morgan fingerprint density at radius 2 is 2.15 bits per heavy atom. The highest BCUT2D eigenvalue weighted by molar-refractivity contribution is 5.77. The molecule has 3 atom stereocenters. The van der Waals surface area contributed by atoms with Crippen molar-refractivity contribution >= 4 is 11.7 Å². The van der Waals surface area contributed by atoms with Crippen LogP contribution in [-0.4, -0.2) is 28.0 Å². The number of nitrogens with one attached hydrogen (secondary N) is 1. The Morgan fingerprint density at radius 1 is 1.37 bits per heavy atom. The van der Waals surface area contributed by atoms with Gasteiger partial charge in [0.25, 0.3) is 5.69 Å². The van der Waals surface area contributed by atoms with Gasteiger partial charge >= 0.3 is 5.97 Å². The molecule has 1 aromatic heterocycles. The Bertz CT molecular complexity index is 900. The number of nitro groups is 1. The molecule has 1 aliphatic rings. The fourth-order valence-electron chi connectivity index (χ4n) is 3.69. The maximum atomic E-state index is 12.8. The maximum Gasteiger partial charge on any atom is 0.312 e. The van der Waals surface area contributed by atoms with E-state index in [2.05, 4.69) is 15.3 Å². The Hall–Kier alpha value is -3.29. The van der Waals surface area contributed by atoms with Gasteiger partial charge in [0.15, 0.2) is 0 Å². The summed E-state index contributed by atoms with van der Waals surface area (Å²) in [4.78, 5) is 32.0. The second-order valence-corrected chi connectivity index (χ2v) is 6.65. The van der Waals surface area contributed by atoms with Crippen LogP contribution in [0.2, 0.25) is 0 Å². The van der Waals surface area contributed by atoms with E-state index in [1.165, 1.54) is 19.2 Å². The molecule has 8 nitrogen and oxygen atoms in total. The first-order valence-corrected chi connectivity index (χ1v) is 8.42. The zero-order chi connectivity index (χ0) is 19.6. The van der Waals surface area contributed by atoms with Crippen LogP contribution >= 0.6 is 0 Å². The van der Waals surface area contributed by atoms with Crippen LogP contribution in [0.15, 0.2) is 54.6 Å². The van der Waals surface area contributed by atoms with Gasteiger partial charge in [-0.15, -0.1) is 0 Å². The summed E-state index contributed by atoms with van der Waals surface area (Å²) in [6.07, 6.45) is 6.61. The van der Waals surface area contributed by atoms with E-state index in [1.54, 1.807) is 30.7 Å². The molecule has 3 rings (SSSR count). The summed E-state index contributed by atoms with van der Waals surface area (Å²) in [6.45, 7) is 3.74. The van der Waals surface area contributed by atoms with Crippen molar-refractivity contribution < 1.29 is 14.5 Å². The van der Waals surface area contributed by atoms with Crippen molar-refractivity contribution in [3.8, 4) is 0 Å². The Morgan fingerprint density at radius 3 is 2.78 bits per heavy atom. The minimum absolute atomic E-state index is 0.0260. The van der Waals surface area contributed by atoms with E-state index < -0.39 is 28.3 Å². The van der Waals surface area contributed by atoms with Crippen molar-refractivity contribution in [2.45, 2.75) is 25.3 Å². The van der Waals surface area contributed by atoms with Gasteiger partial charge in [-0.05, 0) is 19.4 Å². The molecule has 2 heterocycles. The van der Waals surface area contributed by atoms with Gasteiger partial charge < -0.3 is 10.1 Å². The van der Waals surface area contributed by atoms with E-state index in [9.17, 15) is 14.9 Å². The minimum atomic E-state index is -0.893. The van der Waals surface area contributed by atoms with Crippen LogP contribution in [-0.2, 0) is 15.1 Å². The van der Waals surface area contributed by atoms with Crippen LogP contribution < -0.4 is 5.32 Å². The van der Waals surface area contributed by atoms with Gasteiger partial charge in [0.05, 0.1) is 35.4 Å². The lowest BCUT2D eigenvalue weighted by atomic mass is 9.69. The predicted octanol–water partition coefficient (Wildman–Crippen LogP) is 2.68. The lowest BCUT2D eigenvalue weighted by molar-refractivity contribution is -0.384. The predicted molar refractivity (Wildman–Crippen MR) is 97.6 cm³/mol. The van der Waals surface area contributed by atoms with Crippen LogP contribution in [0.5, 0.6) is 0 Å². The van der Waals surface area contributed by atoms with Gasteiger partial charge in [-0.2, -0.15) is 0 Å². The smallest absolute Gasteiger partial charge is 0.312 e. The van der Waals surface area contributed by atoms with Crippen molar-refractivity contribution in [1.82, 2.24) is 15.3 Å². The number of allylic oxidation sites excluding steroid dienone is 2. The molecule has 0 fully saturated rings. The molecule has 0 saturated heterocycles. The van der Waals surface area contributed by atoms with Crippen LogP contribution in [0.25, 0.3) is 0 Å². The topological polar surface area (TPSA) is 107 Å². The van der Waals surface area contributed by atoms with Crippen molar-refractivity contribution in [3.63, 3.8) is 0 Å². The summed E-state index contributed by atoms with van der Waals surface area (Å²) in [5, 5.41) is 14.5. The number of ether oxygens (including phenoxy) is 1. The summed E-state index contributed by atoms with van der Waals surface area (Å²) in [5.74, 6) is -1.55. The number of benzene rings is 1. The average Bonchev–Trinajstić information content (AvgIpc) is 2.67. The number of carbonyl (C=O) groups excluding carboxylic acids is 1. The first kappa shape index (κ1) is 18.5. The molecule has 0 spiro atoms. The molecule has 1 N–H and O–H groups in total. The number of hydrogen-bond donors (Lipinski definition) is 1. The molecular weight excluding hydrogens is 348 g/mol. The Balaban J connectivity index is 2.17. The highest BCUT2D eigenvalue weighted by Gasteiger charge is 2.49. The van der Waals surface area contributed by atoms with Gasteiger partial charge in [-0.25, -0.2) is 0 Å². The first-order chi connectivity index (χ1) is 12.9. The molecule has 3 unspecified atom stereocenters. The number of nitro benzene ring substituents is 1. The molecule has 1 aromatic carbocycles. The van der Waals surface area contributed by atoms with Crippen LogP contribution in [0, 0.1) is 16.0 Å². The molecule has 1 aliphatic heterocycles. The van der Waals surface area contributed by atoms with Gasteiger partial charge in [0.2, 0.25) is 0 Å². The normalized spacial score (nSPS) is 24.5. The fourth-order valence-corrected chi connectivity index (χ4v) is 3.69. The van der Waals surface area contributed by atoms with E-state index in [-0.39, 0.29) is 5.69 Å². The van der Waals surface area contributed by atoms with Crippen molar-refractivity contribution in [2.75, 3.05) is 7.11 Å². The lowest BCUT2D eigenvalue weighted by Crippen LogP contribution is -2.53. The van der Waals surface area contributed by atoms with Gasteiger partial charge in [0.1, 0.15) is 0 Å². The van der Waals surface area contributed by atoms with Crippen molar-refractivity contribution in [1.29, 1.82) is 0 Å². The van der Waals surface area contributed by atoms with E-state index in [1.807, 2.05) is 19.9 Å². The average molecular weight is 368 g/mol. The molecule has 27 heavy (non-hydrogen) atoms. The molecule has 0 amide bonds. The minimum Gasteiger partial charge on any atom is -0.469 e. The third-order valence-electron chi connectivity index (χ3n) is 4.88. The van der Waals surface area contributed by atoms with E-state index >= 15 is 0 Å². The fraction of sp³-hybridized carbons (Fsp3) is 0.316. The van der Waals surface area contributed by atoms with Crippen molar-refractivity contribution in [3.05, 3.63) is 76.0 Å². The van der Waals surface area contributed by atoms with Crippen LogP contribution in [0.4, 0.5) is 5.69 Å². The Labute approximate surface area is 156 Å². The third kappa shape index (κ3) is 3.38. The standard InChI is InChI=1S/C19H20N4O4/c1-12-9-15(13-5-4-6-14(10-13)23(25)26)17(18(24)27-3)19(2,22-12)16-11-20-7-8-21-16/h4-11,15,17,22H,1-3H3. The lowest BCUT2D eigenvalue weighted by Gasteiger charge is -2.44. The highest BCUT2D eigenvalue weighted by atomic mass is 16.6. The second kappa shape index (κ2) is 7.14. The third-order valence-corrected chi connectivity index (χ3v) is 4.88. The molecule has 0 aliphatic carbocycles. The number of methoxy groups -OCH3 is 1. The van der Waals surface area contributed by atoms with E-state index in [0.29, 0.717) is 11.3 Å². The molecule has 0 saturated carbocycles. The monoisotopic (exact) mass is 368 g/mol. The quantitative estimate of drug-likeness (QED) is 0.502. The zero-order valence-corrected chi connectivity index (χ0v) is 15.2. The SMILES string of the molecule is COC(=O)C1C(c2cccc([N+](=O)[O-])c2)C=C(C)NC1(C)c1cnccn1. The van der Waals surface area contributed by atoms with Crippen LogP contribution in [0.3, 0.4) is 0 Å². The molecular formula is C19H20N4O4. The second-order valence-electron chi connectivity index (χ2n) is 6.65. The van der Waals surface area contributed by atoms with Crippen molar-refractivity contribution in [2.24, 2.45) is 5.92 Å². The van der Waals surface area contributed by atoms with Gasteiger partial charge in [-0.3, -0.25) is 24.9 Å². The maximum absolute atomic E-state index is 12.8. The summed E-state index contributed by atoms with van der Waals surface area (Å²) in [7, 11) is 1.33. The highest BCUT2D eigenvalue weighted by Crippen LogP contribution is 2.44. The summed E-state index contributed by atoms with van der Waals surface area (Å²) >= 11 is 0. The number of hydrogen-bond acceptors (Lipinski definition) is 7. The number of esters is 1. The molecule has 0 bridgehead atoms. The number of non-ortho nitro benzene ring substituents is 1. The zero-order valence-electron chi connectivity index (χ0n) is 15.2. The number of rotatable bonds is 4. The van der Waals surface area contributed by atoms with Gasteiger partial charge in [0, 0.05) is 36.1 Å². The summed E-state index contributed by atoms with van der Waals surface area (Å²) in [5.41, 5.74) is 1.16. The molecule has 140 valence electrons. The number of carbonyl (C=O) groups is 1. The molecule has 0 radical (unpaired) electrons. The first-order valence-electron chi connectivity index (χ1n) is 8.42. The number of aromatic nitrogens is 2. The summed E-state index contributed by atoms with van der Waals surface area (Å²) < 4.78 is 5.08. The molecule has 2 aromatic rings. The summed E-state index contributed by atoms with van der Waals surface area (Å²) in [6, 6.07) is 6.31. The van der Waals surface area contributed by atoms with E-state index in [4.69, 9.17) is 4.74 Å². The van der Waals surface area contributed by atoms with Gasteiger partial charge in [-0.1, -0.05) is 18.2 Å². The largest absolute Gasteiger partial charge is 0.469 e. The van der Waals surface area contributed by atoms with E-state index in [0.717, 1.165) is 5.70 Å².